The minimum atomic E-state index is -0.226. The first-order valence-electron chi connectivity index (χ1n) is 10.3. The van der Waals surface area contributed by atoms with Crippen LogP contribution in [-0.2, 0) is 4.79 Å². The van der Waals surface area contributed by atoms with Crippen LogP contribution in [0.25, 0.3) is 0 Å². The van der Waals surface area contributed by atoms with Gasteiger partial charge in [-0.1, -0.05) is 11.6 Å². The molecule has 26 heavy (non-hydrogen) atoms. The van der Waals surface area contributed by atoms with Gasteiger partial charge in [0.25, 0.3) is 0 Å². The third-order valence-electron chi connectivity index (χ3n) is 5.50. The van der Waals surface area contributed by atoms with Crippen LogP contribution in [0.2, 0.25) is 0 Å². The molecule has 0 radical (unpaired) electrons. The van der Waals surface area contributed by atoms with E-state index in [2.05, 4.69) is 45.9 Å². The monoisotopic (exact) mass is 355 g/mol. The fourth-order valence-corrected chi connectivity index (χ4v) is 3.87. The largest absolute Gasteiger partial charge is 0.374 e. The number of carbonyl (C=O) groups excluding carboxylic acids is 1. The molecule has 1 aliphatic carbocycles. The molecular weight excluding hydrogens is 322 g/mol. The van der Waals surface area contributed by atoms with Gasteiger partial charge in [-0.25, -0.2) is 0 Å². The topological polar surface area (TPSA) is 44.4 Å². The van der Waals surface area contributed by atoms with Crippen molar-refractivity contribution in [2.75, 3.05) is 29.9 Å². The Labute approximate surface area is 158 Å². The van der Waals surface area contributed by atoms with E-state index < -0.39 is 0 Å². The summed E-state index contributed by atoms with van der Waals surface area (Å²) in [5, 5.41) is 6.38. The van der Waals surface area contributed by atoms with E-state index in [-0.39, 0.29) is 11.9 Å². The first kappa shape index (κ1) is 18.8. The summed E-state index contributed by atoms with van der Waals surface area (Å²) >= 11 is 0. The second-order valence-corrected chi connectivity index (χ2v) is 7.61. The molecule has 1 saturated heterocycles. The standard InChI is InChI=1S/C22H33N3O/c1-18(22(26)23-15-14-19-8-4-2-5-9-19)24-20-10-12-21(13-11-20)25-16-6-3-7-17-25/h8,10-13,18,24H,2-7,9,14-17H2,1H3,(H,23,26)/t18-/m0/s1. The smallest absolute Gasteiger partial charge is 0.242 e. The Morgan fingerprint density at radius 3 is 2.54 bits per heavy atom. The quantitative estimate of drug-likeness (QED) is 0.709. The molecule has 0 aromatic heterocycles. The lowest BCUT2D eigenvalue weighted by Crippen LogP contribution is -2.38. The van der Waals surface area contributed by atoms with Crippen LogP contribution < -0.4 is 15.5 Å². The van der Waals surface area contributed by atoms with E-state index in [1.165, 1.54) is 56.2 Å². The third kappa shape index (κ3) is 5.52. The molecule has 4 nitrogen and oxygen atoms in total. The second-order valence-electron chi connectivity index (χ2n) is 7.61. The molecule has 142 valence electrons. The molecule has 1 aromatic carbocycles. The van der Waals surface area contributed by atoms with E-state index in [0.717, 1.165) is 31.7 Å². The van der Waals surface area contributed by atoms with Gasteiger partial charge in [-0.05, 0) is 82.6 Å². The highest BCUT2D eigenvalue weighted by molar-refractivity contribution is 5.84. The predicted octanol–water partition coefficient (Wildman–Crippen LogP) is 4.48. The number of piperidine rings is 1. The SMILES string of the molecule is C[C@H](Nc1ccc(N2CCCCC2)cc1)C(=O)NCCC1=CCCCC1. The molecule has 0 unspecified atom stereocenters. The fourth-order valence-electron chi connectivity index (χ4n) is 3.87. The van der Waals surface area contributed by atoms with Crippen LogP contribution in [0.4, 0.5) is 11.4 Å². The minimum absolute atomic E-state index is 0.0708. The Balaban J connectivity index is 1.42. The summed E-state index contributed by atoms with van der Waals surface area (Å²) < 4.78 is 0. The molecule has 0 spiro atoms. The molecule has 2 N–H and O–H groups in total. The number of rotatable bonds is 7. The summed E-state index contributed by atoms with van der Waals surface area (Å²) in [7, 11) is 0. The maximum absolute atomic E-state index is 12.3. The van der Waals surface area contributed by atoms with Gasteiger partial charge in [0.1, 0.15) is 6.04 Å². The van der Waals surface area contributed by atoms with Crippen LogP contribution in [0.1, 0.15) is 58.3 Å². The van der Waals surface area contributed by atoms with Gasteiger partial charge in [0.2, 0.25) is 5.91 Å². The molecule has 2 aliphatic rings. The van der Waals surface area contributed by atoms with E-state index in [4.69, 9.17) is 0 Å². The van der Waals surface area contributed by atoms with Crippen molar-refractivity contribution < 1.29 is 4.79 Å². The zero-order valence-electron chi connectivity index (χ0n) is 16.1. The number of nitrogens with one attached hydrogen (secondary N) is 2. The van der Waals surface area contributed by atoms with Crippen LogP contribution in [-0.4, -0.2) is 31.6 Å². The van der Waals surface area contributed by atoms with Gasteiger partial charge >= 0.3 is 0 Å². The van der Waals surface area contributed by atoms with E-state index in [1.807, 2.05) is 6.92 Å². The molecule has 1 aliphatic heterocycles. The average Bonchev–Trinajstić information content (AvgIpc) is 2.70. The number of carbonyl (C=O) groups is 1. The Hall–Kier alpha value is -1.97. The Kier molecular flexibility index (Phi) is 6.98. The number of allylic oxidation sites excluding steroid dienone is 1. The predicted molar refractivity (Wildman–Crippen MR) is 110 cm³/mol. The molecule has 1 aromatic rings. The van der Waals surface area contributed by atoms with E-state index >= 15 is 0 Å². The lowest BCUT2D eigenvalue weighted by atomic mass is 9.97. The number of nitrogens with zero attached hydrogens (tertiary/aromatic N) is 1. The zero-order valence-corrected chi connectivity index (χ0v) is 16.1. The van der Waals surface area contributed by atoms with E-state index in [9.17, 15) is 4.79 Å². The van der Waals surface area contributed by atoms with E-state index in [1.54, 1.807) is 0 Å². The summed E-state index contributed by atoms with van der Waals surface area (Å²) in [6.45, 7) is 4.97. The molecule has 1 amide bonds. The van der Waals surface area contributed by atoms with E-state index in [0.29, 0.717) is 0 Å². The maximum Gasteiger partial charge on any atom is 0.242 e. The van der Waals surface area contributed by atoms with Gasteiger partial charge in [0.15, 0.2) is 0 Å². The summed E-state index contributed by atoms with van der Waals surface area (Å²) in [5.41, 5.74) is 3.79. The van der Waals surface area contributed by atoms with Crippen LogP contribution in [0.5, 0.6) is 0 Å². The highest BCUT2D eigenvalue weighted by atomic mass is 16.2. The first-order chi connectivity index (χ1) is 12.7. The van der Waals surface area contributed by atoms with Crippen molar-refractivity contribution in [1.29, 1.82) is 0 Å². The van der Waals surface area contributed by atoms with Crippen molar-refractivity contribution in [3.63, 3.8) is 0 Å². The number of benzene rings is 1. The molecular formula is C22H33N3O. The first-order valence-corrected chi connectivity index (χ1v) is 10.3. The van der Waals surface area contributed by atoms with Crippen LogP contribution in [0.15, 0.2) is 35.9 Å². The molecule has 0 saturated carbocycles. The maximum atomic E-state index is 12.3. The van der Waals surface area contributed by atoms with Gasteiger partial charge in [-0.15, -0.1) is 0 Å². The zero-order chi connectivity index (χ0) is 18.2. The highest BCUT2D eigenvalue weighted by Crippen LogP contribution is 2.22. The molecule has 0 bridgehead atoms. The summed E-state index contributed by atoms with van der Waals surface area (Å²) in [6, 6.07) is 8.26. The van der Waals surface area contributed by atoms with Crippen LogP contribution >= 0.6 is 0 Å². The van der Waals surface area contributed by atoms with Crippen molar-refractivity contribution in [3.05, 3.63) is 35.9 Å². The number of hydrogen-bond donors (Lipinski definition) is 2. The molecule has 1 fully saturated rings. The van der Waals surface area contributed by atoms with Crippen molar-refractivity contribution in [2.24, 2.45) is 0 Å². The Bertz CT molecular complexity index is 602. The minimum Gasteiger partial charge on any atom is -0.374 e. The average molecular weight is 356 g/mol. The summed E-state index contributed by atoms with van der Waals surface area (Å²) in [5.74, 6) is 0.0708. The number of hydrogen-bond acceptors (Lipinski definition) is 3. The summed E-state index contributed by atoms with van der Waals surface area (Å²) in [4.78, 5) is 14.7. The van der Waals surface area contributed by atoms with Gasteiger partial charge in [-0.3, -0.25) is 4.79 Å². The van der Waals surface area contributed by atoms with Gasteiger partial charge in [0.05, 0.1) is 0 Å². The highest BCUT2D eigenvalue weighted by Gasteiger charge is 2.14. The van der Waals surface area contributed by atoms with Gasteiger partial charge < -0.3 is 15.5 Å². The third-order valence-corrected chi connectivity index (χ3v) is 5.50. The molecule has 3 rings (SSSR count). The van der Waals surface area contributed by atoms with Crippen LogP contribution in [0, 0.1) is 0 Å². The lowest BCUT2D eigenvalue weighted by molar-refractivity contribution is -0.121. The van der Waals surface area contributed by atoms with Crippen molar-refractivity contribution in [1.82, 2.24) is 5.32 Å². The van der Waals surface area contributed by atoms with Gasteiger partial charge in [-0.2, -0.15) is 0 Å². The Morgan fingerprint density at radius 1 is 1.08 bits per heavy atom. The summed E-state index contributed by atoms with van der Waals surface area (Å²) in [6.07, 6.45) is 12.3. The molecule has 1 atom stereocenters. The van der Waals surface area contributed by atoms with Crippen molar-refractivity contribution in [2.45, 2.75) is 64.3 Å². The van der Waals surface area contributed by atoms with Gasteiger partial charge in [0, 0.05) is 31.0 Å². The number of amides is 1. The van der Waals surface area contributed by atoms with Crippen molar-refractivity contribution >= 4 is 17.3 Å². The van der Waals surface area contributed by atoms with Crippen molar-refractivity contribution in [3.8, 4) is 0 Å². The molecule has 1 heterocycles. The Morgan fingerprint density at radius 2 is 1.85 bits per heavy atom. The molecule has 4 heteroatoms. The number of anilines is 2. The second kappa shape index (κ2) is 9.65. The normalized spacial score (nSPS) is 18.8. The van der Waals surface area contributed by atoms with Crippen LogP contribution in [0.3, 0.4) is 0 Å². The lowest BCUT2D eigenvalue weighted by Gasteiger charge is -2.29. The fraction of sp³-hybridized carbons (Fsp3) is 0.591.